The molecule has 2 bridgehead atoms. The van der Waals surface area contributed by atoms with E-state index in [0.29, 0.717) is 0 Å². The molecule has 3 rings (SSSR count). The highest BCUT2D eigenvalue weighted by Crippen LogP contribution is 2.36. The monoisotopic (exact) mass is 297 g/mol. The summed E-state index contributed by atoms with van der Waals surface area (Å²) in [4.78, 5) is 20.5. The molecule has 0 saturated carbocycles. The molecular formula is C13H17N2O4S-. The topological polar surface area (TPSA) is 109 Å². The number of nitrogens with zero attached hydrogens (tertiary/aromatic N) is 1. The van der Waals surface area contributed by atoms with E-state index in [9.17, 15) is 20.0 Å². The Morgan fingerprint density at radius 1 is 1.55 bits per heavy atom. The lowest BCUT2D eigenvalue weighted by atomic mass is 10.2. The fourth-order valence-corrected chi connectivity index (χ4v) is 2.15. The molecule has 0 unspecified atom stereocenters. The van der Waals surface area contributed by atoms with Gasteiger partial charge in [-0.2, -0.15) is 0 Å². The minimum absolute atomic E-state index is 0.265. The second-order valence-electron chi connectivity index (χ2n) is 3.56. The third-order valence-electron chi connectivity index (χ3n) is 1.95. The molecule has 0 aliphatic carbocycles. The molecule has 1 aromatic carbocycles. The molecule has 0 amide bonds. The first kappa shape index (κ1) is 18.1. The number of nitro benzene ring substituents is 1. The van der Waals surface area contributed by atoms with Crippen molar-refractivity contribution >= 4 is 23.4 Å². The highest BCUT2D eigenvalue weighted by Gasteiger charge is 2.19. The smallest absolute Gasteiger partial charge is 0.274 e. The van der Waals surface area contributed by atoms with E-state index in [1.54, 1.807) is 24.8 Å². The Labute approximate surface area is 121 Å². The number of nitro groups is 1. The van der Waals surface area contributed by atoms with Crippen LogP contribution in [0.1, 0.15) is 19.4 Å². The molecule has 0 atom stereocenters. The van der Waals surface area contributed by atoms with Crippen molar-refractivity contribution in [1.82, 2.24) is 0 Å². The van der Waals surface area contributed by atoms with Crippen LogP contribution in [0.25, 0.3) is 0 Å². The number of carbonyl (C=O) groups is 1. The zero-order valence-corrected chi connectivity index (χ0v) is 12.2. The van der Waals surface area contributed by atoms with Crippen molar-refractivity contribution in [1.29, 1.82) is 0 Å². The molecule has 2 N–H and O–H groups in total. The van der Waals surface area contributed by atoms with Crippen LogP contribution in [0.5, 0.6) is 0 Å². The van der Waals surface area contributed by atoms with Crippen LogP contribution in [-0.2, 0) is 10.5 Å². The summed E-state index contributed by atoms with van der Waals surface area (Å²) in [6.45, 7) is 4.27. The number of hydrogen-bond donors (Lipinski definition) is 1. The average Bonchev–Trinajstić information content (AvgIpc) is 2.41. The van der Waals surface area contributed by atoms with Gasteiger partial charge < -0.3 is 15.6 Å². The Hall–Kier alpha value is -1.86. The number of carbonyl (C=O) groups excluding carboxylic acids is 1. The number of nitrogens with two attached hydrogens (primary N) is 1. The van der Waals surface area contributed by atoms with Gasteiger partial charge in [-0.15, -0.1) is 11.8 Å². The summed E-state index contributed by atoms with van der Waals surface area (Å²) in [7, 11) is 0. The highest BCUT2D eigenvalue weighted by atomic mass is 32.2. The largest absolute Gasteiger partial charge is 0.545 e. The summed E-state index contributed by atoms with van der Waals surface area (Å²) < 4.78 is 0. The molecule has 2 aliphatic heterocycles. The highest BCUT2D eigenvalue weighted by molar-refractivity contribution is 7.98. The van der Waals surface area contributed by atoms with Crippen molar-refractivity contribution in [3.63, 3.8) is 0 Å². The maximum atomic E-state index is 10.4. The molecule has 0 aromatic heterocycles. The van der Waals surface area contributed by atoms with E-state index in [4.69, 9.17) is 5.73 Å². The van der Waals surface area contributed by atoms with Crippen LogP contribution in [-0.4, -0.2) is 17.4 Å². The number of thioether (sulfide) groups is 1. The molecule has 7 heteroatoms. The normalized spacial score (nSPS) is 11.2. The maximum absolute atomic E-state index is 10.4. The van der Waals surface area contributed by atoms with Gasteiger partial charge in [-0.3, -0.25) is 10.1 Å². The van der Waals surface area contributed by atoms with Crippen LogP contribution >= 0.6 is 11.8 Å². The van der Waals surface area contributed by atoms with Crippen LogP contribution < -0.4 is 10.8 Å². The maximum Gasteiger partial charge on any atom is 0.274 e. The fourth-order valence-electron chi connectivity index (χ4n) is 1.22. The van der Waals surface area contributed by atoms with E-state index in [1.807, 2.05) is 19.1 Å². The second kappa shape index (κ2) is 9.99. The van der Waals surface area contributed by atoms with Gasteiger partial charge in [0, 0.05) is 22.3 Å². The first-order chi connectivity index (χ1) is 9.46. The van der Waals surface area contributed by atoms with Gasteiger partial charge in [0.25, 0.3) is 5.69 Å². The van der Waals surface area contributed by atoms with E-state index in [0.717, 1.165) is 28.8 Å². The first-order valence-corrected chi connectivity index (χ1v) is 6.88. The van der Waals surface area contributed by atoms with Gasteiger partial charge >= 0.3 is 0 Å². The number of rotatable bonds is 2. The molecule has 0 radical (unpaired) electrons. The quantitative estimate of drug-likeness (QED) is 0.503. The number of benzene rings is 1. The number of fused-ring (bicyclic) bond motifs is 3. The van der Waals surface area contributed by atoms with Crippen LogP contribution in [0.4, 0.5) is 5.69 Å². The Balaban J connectivity index is 0.000000344. The van der Waals surface area contributed by atoms with Crippen molar-refractivity contribution in [2.45, 2.75) is 24.5 Å². The SMILES string of the molecule is C/C=C/C(=O)[O-].CCN.O=[N+]([O-])c1cc2ccc1CS2. The Kier molecular flexibility index (Phi) is 9.06. The van der Waals surface area contributed by atoms with Crippen molar-refractivity contribution in [3.8, 4) is 0 Å². The molecule has 0 fully saturated rings. The predicted octanol–water partition coefficient (Wildman–Crippen LogP) is 1.48. The van der Waals surface area contributed by atoms with Crippen molar-refractivity contribution in [2.24, 2.45) is 5.73 Å². The Morgan fingerprint density at radius 3 is 2.30 bits per heavy atom. The van der Waals surface area contributed by atoms with Crippen molar-refractivity contribution < 1.29 is 14.8 Å². The summed E-state index contributed by atoms with van der Waals surface area (Å²) in [6.07, 6.45) is 2.38. The van der Waals surface area contributed by atoms with Gasteiger partial charge in [0.2, 0.25) is 0 Å². The van der Waals surface area contributed by atoms with Gasteiger partial charge in [-0.05, 0) is 25.6 Å². The molecular weight excluding hydrogens is 280 g/mol. The number of carboxylic acid groups (broad SMARTS) is 1. The second-order valence-corrected chi connectivity index (χ2v) is 4.61. The third-order valence-corrected chi connectivity index (χ3v) is 2.99. The number of carboxylic acids is 1. The van der Waals surface area contributed by atoms with E-state index < -0.39 is 5.97 Å². The van der Waals surface area contributed by atoms with E-state index >= 15 is 0 Å². The Bertz CT molecular complexity index is 489. The fraction of sp³-hybridized carbons (Fsp3) is 0.308. The molecule has 2 heterocycles. The number of aliphatic carboxylic acids is 1. The zero-order chi connectivity index (χ0) is 15.5. The molecule has 2 aliphatic rings. The van der Waals surface area contributed by atoms with Crippen LogP contribution in [0.15, 0.2) is 35.2 Å². The van der Waals surface area contributed by atoms with Gasteiger partial charge in [0.05, 0.1) is 10.9 Å². The number of allylic oxidation sites excluding steroid dienone is 1. The molecule has 1 aromatic rings. The molecule has 0 spiro atoms. The first-order valence-electron chi connectivity index (χ1n) is 5.90. The lowest BCUT2D eigenvalue weighted by molar-refractivity contribution is -0.385. The van der Waals surface area contributed by atoms with Gasteiger partial charge in [-0.1, -0.05) is 19.1 Å². The van der Waals surface area contributed by atoms with E-state index in [1.165, 1.54) is 6.08 Å². The Morgan fingerprint density at radius 2 is 2.15 bits per heavy atom. The molecule has 6 nitrogen and oxygen atoms in total. The summed E-state index contributed by atoms with van der Waals surface area (Å²) in [5, 5.41) is 19.8. The molecule has 0 saturated heterocycles. The van der Waals surface area contributed by atoms with Gasteiger partial charge in [0.15, 0.2) is 0 Å². The van der Waals surface area contributed by atoms with Gasteiger partial charge in [0.1, 0.15) is 0 Å². The van der Waals surface area contributed by atoms with Crippen molar-refractivity contribution in [3.05, 3.63) is 46.0 Å². The van der Waals surface area contributed by atoms with Crippen LogP contribution in [0, 0.1) is 10.1 Å². The molecule has 110 valence electrons. The van der Waals surface area contributed by atoms with Crippen LogP contribution in [0.3, 0.4) is 0 Å². The standard InChI is InChI=1S/C7H5NO2S.C4H6O2.C2H7N/c9-8(10)7-3-6-2-1-5(7)4-11-6;1-2-3-4(5)6;1-2-3/h1-3H,4H2;2-3H,1H3,(H,5,6);2-3H2,1H3/p-1/b;3-2+;. The van der Waals surface area contributed by atoms with E-state index in [-0.39, 0.29) is 10.6 Å². The van der Waals surface area contributed by atoms with Gasteiger partial charge in [-0.25, -0.2) is 0 Å². The zero-order valence-electron chi connectivity index (χ0n) is 11.4. The summed E-state index contributed by atoms with van der Waals surface area (Å²) in [5.74, 6) is -0.393. The minimum atomic E-state index is -1.14. The summed E-state index contributed by atoms with van der Waals surface area (Å²) in [5.41, 5.74) is 5.94. The van der Waals surface area contributed by atoms with E-state index in [2.05, 4.69) is 0 Å². The van der Waals surface area contributed by atoms with Crippen molar-refractivity contribution in [2.75, 3.05) is 6.54 Å². The average molecular weight is 297 g/mol. The minimum Gasteiger partial charge on any atom is -0.545 e. The number of hydrogen-bond acceptors (Lipinski definition) is 6. The molecule has 20 heavy (non-hydrogen) atoms. The third kappa shape index (κ3) is 6.91. The summed E-state index contributed by atoms with van der Waals surface area (Å²) >= 11 is 1.65. The lowest BCUT2D eigenvalue weighted by Gasteiger charge is -2.10. The summed E-state index contributed by atoms with van der Waals surface area (Å²) in [6, 6.07) is 5.37. The van der Waals surface area contributed by atoms with Crippen LogP contribution in [0.2, 0.25) is 0 Å². The lowest BCUT2D eigenvalue weighted by Crippen LogP contribution is -2.18. The predicted molar refractivity (Wildman–Crippen MR) is 77.2 cm³/mol.